The van der Waals surface area contributed by atoms with Crippen LogP contribution in [-0.4, -0.2) is 15.6 Å². The molecule has 0 saturated carbocycles. The minimum atomic E-state index is 0.140. The number of rotatable bonds is 4. The summed E-state index contributed by atoms with van der Waals surface area (Å²) in [6, 6.07) is 11.5. The molecule has 1 heterocycles. The first-order valence-corrected chi connectivity index (χ1v) is 7.93. The zero-order valence-corrected chi connectivity index (χ0v) is 14.1. The van der Waals surface area contributed by atoms with Crippen LogP contribution in [0.4, 0.5) is 0 Å². The molecule has 0 spiro atoms. The maximum atomic E-state index is 7.45. The van der Waals surface area contributed by atoms with Gasteiger partial charge in [0, 0.05) is 27.4 Å². The Morgan fingerprint density at radius 2 is 1.91 bits per heavy atom. The van der Waals surface area contributed by atoms with E-state index in [0.29, 0.717) is 23.0 Å². The van der Waals surface area contributed by atoms with Gasteiger partial charge < -0.3 is 5.73 Å². The van der Waals surface area contributed by atoms with Gasteiger partial charge in [-0.25, -0.2) is 0 Å². The van der Waals surface area contributed by atoms with Crippen LogP contribution in [0.3, 0.4) is 0 Å². The van der Waals surface area contributed by atoms with Crippen molar-refractivity contribution < 1.29 is 0 Å². The van der Waals surface area contributed by atoms with Gasteiger partial charge in [0.2, 0.25) is 0 Å². The van der Waals surface area contributed by atoms with Gasteiger partial charge in [0.05, 0.1) is 23.6 Å². The number of aryl methyl sites for hydroxylation is 1. The number of halogens is 2. The molecule has 0 fully saturated rings. The Morgan fingerprint density at radius 1 is 1.22 bits per heavy atom. The number of nitrogens with zero attached hydrogens (tertiary/aromatic N) is 2. The fourth-order valence-electron chi connectivity index (χ4n) is 2.67. The van der Waals surface area contributed by atoms with E-state index in [1.54, 1.807) is 0 Å². The zero-order chi connectivity index (χ0) is 16.6. The predicted molar refractivity (Wildman–Crippen MR) is 95.7 cm³/mol. The molecule has 3 aromatic rings. The van der Waals surface area contributed by atoms with Gasteiger partial charge in [0.1, 0.15) is 0 Å². The molecule has 0 saturated heterocycles. The quantitative estimate of drug-likeness (QED) is 0.549. The third kappa shape index (κ3) is 3.19. The van der Waals surface area contributed by atoms with Crippen molar-refractivity contribution in [1.29, 1.82) is 5.41 Å². The van der Waals surface area contributed by atoms with Crippen molar-refractivity contribution in [3.63, 3.8) is 0 Å². The monoisotopic (exact) mass is 346 g/mol. The van der Waals surface area contributed by atoms with Crippen molar-refractivity contribution >= 4 is 39.9 Å². The fourth-order valence-corrected chi connectivity index (χ4v) is 3.19. The maximum absolute atomic E-state index is 7.45. The summed E-state index contributed by atoms with van der Waals surface area (Å²) in [5.74, 6) is 0.140. The second-order valence-electron chi connectivity index (χ2n) is 5.50. The molecular formula is C17H16Cl2N4. The van der Waals surface area contributed by atoms with Gasteiger partial charge in [-0.1, -0.05) is 41.4 Å². The number of nitrogens with two attached hydrogens (primary N) is 1. The molecule has 23 heavy (non-hydrogen) atoms. The molecule has 6 heteroatoms. The van der Waals surface area contributed by atoms with E-state index < -0.39 is 0 Å². The predicted octanol–water partition coefficient (Wildman–Crippen LogP) is 4.18. The van der Waals surface area contributed by atoms with Crippen LogP contribution < -0.4 is 5.73 Å². The van der Waals surface area contributed by atoms with Gasteiger partial charge in [-0.05, 0) is 30.7 Å². The average Bonchev–Trinajstić information content (AvgIpc) is 2.78. The summed E-state index contributed by atoms with van der Waals surface area (Å²) in [7, 11) is 0. The maximum Gasteiger partial charge on any atom is 0.0950 e. The summed E-state index contributed by atoms with van der Waals surface area (Å²) in [4.78, 5) is 0. The Bertz CT molecular complexity index is 879. The van der Waals surface area contributed by atoms with E-state index in [0.717, 1.165) is 27.7 Å². The van der Waals surface area contributed by atoms with Crippen LogP contribution in [-0.2, 0) is 13.0 Å². The average molecular weight is 347 g/mol. The number of aromatic nitrogens is 2. The van der Waals surface area contributed by atoms with Crippen LogP contribution >= 0.6 is 23.2 Å². The van der Waals surface area contributed by atoms with Gasteiger partial charge in [-0.15, -0.1) is 0 Å². The van der Waals surface area contributed by atoms with E-state index >= 15 is 0 Å². The fraction of sp³-hybridized carbons (Fsp3) is 0.176. The molecule has 1 aromatic heterocycles. The molecule has 0 radical (unpaired) electrons. The summed E-state index contributed by atoms with van der Waals surface area (Å²) < 4.78 is 1.89. The summed E-state index contributed by atoms with van der Waals surface area (Å²) in [6.45, 7) is 2.46. The van der Waals surface area contributed by atoms with Crippen LogP contribution in [0.1, 0.15) is 16.8 Å². The summed E-state index contributed by atoms with van der Waals surface area (Å²) in [6.07, 6.45) is 0.424. The number of hydrogen-bond donors (Lipinski definition) is 2. The highest BCUT2D eigenvalue weighted by Crippen LogP contribution is 2.27. The number of fused-ring (bicyclic) bond motifs is 1. The topological polar surface area (TPSA) is 67.7 Å². The zero-order valence-electron chi connectivity index (χ0n) is 12.6. The van der Waals surface area contributed by atoms with Gasteiger partial charge in [-0.2, -0.15) is 5.10 Å². The van der Waals surface area contributed by atoms with E-state index in [2.05, 4.69) is 5.10 Å². The lowest BCUT2D eigenvalue weighted by Crippen LogP contribution is -2.12. The first-order chi connectivity index (χ1) is 11.0. The van der Waals surface area contributed by atoms with Crippen LogP contribution in [0, 0.1) is 12.3 Å². The second-order valence-corrected chi connectivity index (χ2v) is 6.31. The molecule has 0 amide bonds. The highest BCUT2D eigenvalue weighted by atomic mass is 35.5. The SMILES string of the molecule is Cc1nn(Cc2c(Cl)cccc2Cl)c2cc(CC(=N)N)ccc12. The van der Waals surface area contributed by atoms with E-state index in [1.165, 1.54) is 0 Å². The minimum Gasteiger partial charge on any atom is -0.387 e. The lowest BCUT2D eigenvalue weighted by atomic mass is 10.1. The van der Waals surface area contributed by atoms with E-state index in [1.807, 2.05) is 48.0 Å². The summed E-state index contributed by atoms with van der Waals surface area (Å²) in [5, 5.41) is 14.4. The molecule has 2 aromatic carbocycles. The van der Waals surface area contributed by atoms with Crippen LogP contribution in [0.25, 0.3) is 10.9 Å². The van der Waals surface area contributed by atoms with E-state index in [9.17, 15) is 0 Å². The minimum absolute atomic E-state index is 0.140. The van der Waals surface area contributed by atoms with Crippen molar-refractivity contribution in [2.45, 2.75) is 19.9 Å². The largest absolute Gasteiger partial charge is 0.387 e. The van der Waals surface area contributed by atoms with Gasteiger partial charge >= 0.3 is 0 Å². The normalized spacial score (nSPS) is 11.1. The number of benzene rings is 2. The molecule has 0 atom stereocenters. The van der Waals surface area contributed by atoms with Gasteiger partial charge in [0.15, 0.2) is 0 Å². The standard InChI is InChI=1S/C17H16Cl2N4/c1-10-12-6-5-11(8-17(20)21)7-16(12)23(22-10)9-13-14(18)3-2-4-15(13)19/h2-7H,8-9H2,1H3,(H3,20,21). The first-order valence-electron chi connectivity index (χ1n) is 7.17. The Balaban J connectivity index is 2.08. The van der Waals surface area contributed by atoms with E-state index in [4.69, 9.17) is 34.3 Å². The van der Waals surface area contributed by atoms with Gasteiger partial charge in [-0.3, -0.25) is 10.1 Å². The molecule has 4 nitrogen and oxygen atoms in total. The van der Waals surface area contributed by atoms with Crippen molar-refractivity contribution in [2.24, 2.45) is 5.73 Å². The summed E-state index contributed by atoms with van der Waals surface area (Å²) in [5.41, 5.74) is 9.25. The molecule has 0 aliphatic rings. The molecule has 0 bridgehead atoms. The van der Waals surface area contributed by atoms with Gasteiger partial charge in [0.25, 0.3) is 0 Å². The van der Waals surface area contributed by atoms with E-state index in [-0.39, 0.29) is 5.84 Å². The third-order valence-electron chi connectivity index (χ3n) is 3.76. The first kappa shape index (κ1) is 15.8. The smallest absolute Gasteiger partial charge is 0.0950 e. The lowest BCUT2D eigenvalue weighted by molar-refractivity contribution is 0.703. The highest BCUT2D eigenvalue weighted by molar-refractivity contribution is 6.36. The molecule has 0 unspecified atom stereocenters. The Kier molecular flexibility index (Phi) is 4.28. The highest BCUT2D eigenvalue weighted by Gasteiger charge is 2.12. The van der Waals surface area contributed by atoms with Crippen LogP contribution in [0.2, 0.25) is 10.0 Å². The van der Waals surface area contributed by atoms with Crippen molar-refractivity contribution in [1.82, 2.24) is 9.78 Å². The molecule has 0 aliphatic heterocycles. The third-order valence-corrected chi connectivity index (χ3v) is 4.47. The summed E-state index contributed by atoms with van der Waals surface area (Å²) >= 11 is 12.5. The molecule has 118 valence electrons. The van der Waals surface area contributed by atoms with Crippen LogP contribution in [0.5, 0.6) is 0 Å². The van der Waals surface area contributed by atoms with Crippen molar-refractivity contribution in [3.8, 4) is 0 Å². The molecule has 0 aliphatic carbocycles. The lowest BCUT2D eigenvalue weighted by Gasteiger charge is -2.09. The Labute approximate surface area is 144 Å². The molecule has 3 rings (SSSR count). The van der Waals surface area contributed by atoms with Crippen molar-refractivity contribution in [2.75, 3.05) is 0 Å². The number of nitrogens with one attached hydrogen (secondary N) is 1. The Hall–Kier alpha value is -2.04. The van der Waals surface area contributed by atoms with Crippen molar-refractivity contribution in [3.05, 3.63) is 63.3 Å². The number of amidine groups is 1. The number of hydrogen-bond acceptors (Lipinski definition) is 2. The molecule has 3 N–H and O–H groups in total. The Morgan fingerprint density at radius 3 is 2.57 bits per heavy atom. The molecular weight excluding hydrogens is 331 g/mol. The van der Waals surface area contributed by atoms with Crippen LogP contribution in [0.15, 0.2) is 36.4 Å². The second kappa shape index (κ2) is 6.22.